The van der Waals surface area contributed by atoms with Gasteiger partial charge >= 0.3 is 0 Å². The van der Waals surface area contributed by atoms with Gasteiger partial charge in [0.25, 0.3) is 0 Å². The molecule has 1 aliphatic rings. The van der Waals surface area contributed by atoms with Crippen LogP contribution in [0.1, 0.15) is 58.3 Å². The maximum atomic E-state index is 11.7. The molecule has 0 aliphatic carbocycles. The van der Waals surface area contributed by atoms with Gasteiger partial charge < -0.3 is 10.2 Å². The van der Waals surface area contributed by atoms with Crippen molar-refractivity contribution in [2.24, 2.45) is 0 Å². The van der Waals surface area contributed by atoms with Gasteiger partial charge in [-0.05, 0) is 25.7 Å². The minimum absolute atomic E-state index is 0.138. The molecule has 0 aromatic rings. The highest BCUT2D eigenvalue weighted by Gasteiger charge is 2.15. The van der Waals surface area contributed by atoms with E-state index in [1.165, 1.54) is 0 Å². The van der Waals surface area contributed by atoms with Gasteiger partial charge in [-0.2, -0.15) is 0 Å². The zero-order valence-corrected chi connectivity index (χ0v) is 11.5. The monoisotopic (exact) mass is 254 g/mol. The predicted octanol–water partition coefficient (Wildman–Crippen LogP) is 2.09. The van der Waals surface area contributed by atoms with Gasteiger partial charge in [-0.25, -0.2) is 0 Å². The molecule has 1 aliphatic heterocycles. The average Bonchev–Trinajstić information content (AvgIpc) is 2.57. The molecule has 0 saturated carbocycles. The lowest BCUT2D eigenvalue weighted by Crippen LogP contribution is -2.33. The second kappa shape index (κ2) is 8.95. The van der Waals surface area contributed by atoms with E-state index in [0.29, 0.717) is 19.4 Å². The third kappa shape index (κ3) is 6.03. The molecule has 0 bridgehead atoms. The van der Waals surface area contributed by atoms with Crippen molar-refractivity contribution in [3.8, 4) is 0 Å². The molecule has 4 nitrogen and oxygen atoms in total. The standard InChI is InChI=1S/C14H26N2O2/c1-2-3-8-13(17)15-10-7-12-16-11-6-4-5-9-14(16)18/h2-12H2,1H3,(H,15,17). The van der Waals surface area contributed by atoms with Crippen LogP contribution in [0.3, 0.4) is 0 Å². The largest absolute Gasteiger partial charge is 0.356 e. The summed E-state index contributed by atoms with van der Waals surface area (Å²) in [6.45, 7) is 4.44. The number of nitrogens with zero attached hydrogens (tertiary/aromatic N) is 1. The van der Waals surface area contributed by atoms with Gasteiger partial charge in [0.15, 0.2) is 0 Å². The van der Waals surface area contributed by atoms with Crippen molar-refractivity contribution in [2.75, 3.05) is 19.6 Å². The molecular weight excluding hydrogens is 228 g/mol. The Balaban J connectivity index is 2.09. The van der Waals surface area contributed by atoms with Crippen LogP contribution in [0.5, 0.6) is 0 Å². The number of carbonyl (C=O) groups is 2. The smallest absolute Gasteiger partial charge is 0.222 e. The SMILES string of the molecule is CCCCC(=O)NCCCN1CCCCCC1=O. The molecule has 2 amide bonds. The molecule has 1 heterocycles. The molecule has 1 rings (SSSR count). The normalized spacial score (nSPS) is 16.5. The van der Waals surface area contributed by atoms with E-state index in [1.54, 1.807) is 0 Å². The molecule has 18 heavy (non-hydrogen) atoms. The lowest BCUT2D eigenvalue weighted by atomic mass is 10.2. The van der Waals surface area contributed by atoms with Crippen molar-refractivity contribution >= 4 is 11.8 Å². The third-order valence-corrected chi connectivity index (χ3v) is 3.36. The van der Waals surface area contributed by atoms with Crippen LogP contribution in [0.2, 0.25) is 0 Å². The Morgan fingerprint density at radius 2 is 2.11 bits per heavy atom. The number of rotatable bonds is 7. The van der Waals surface area contributed by atoms with Crippen molar-refractivity contribution in [1.82, 2.24) is 10.2 Å². The Morgan fingerprint density at radius 1 is 1.28 bits per heavy atom. The second-order valence-electron chi connectivity index (χ2n) is 5.00. The van der Waals surface area contributed by atoms with E-state index in [4.69, 9.17) is 0 Å². The van der Waals surface area contributed by atoms with E-state index >= 15 is 0 Å². The summed E-state index contributed by atoms with van der Waals surface area (Å²) in [5.74, 6) is 0.420. The lowest BCUT2D eigenvalue weighted by Gasteiger charge is -2.20. The number of carbonyl (C=O) groups excluding carboxylic acids is 2. The number of nitrogens with one attached hydrogen (secondary N) is 1. The summed E-state index contributed by atoms with van der Waals surface area (Å²) >= 11 is 0. The molecule has 0 unspecified atom stereocenters. The molecule has 0 atom stereocenters. The van der Waals surface area contributed by atoms with Gasteiger partial charge in [-0.3, -0.25) is 9.59 Å². The van der Waals surface area contributed by atoms with E-state index in [-0.39, 0.29) is 11.8 Å². The third-order valence-electron chi connectivity index (χ3n) is 3.36. The Labute approximate surface area is 110 Å². The molecule has 4 heteroatoms. The summed E-state index contributed by atoms with van der Waals surface area (Å²) in [4.78, 5) is 25.1. The number of hydrogen-bond acceptors (Lipinski definition) is 2. The summed E-state index contributed by atoms with van der Waals surface area (Å²) in [5, 5.41) is 2.91. The van der Waals surface area contributed by atoms with E-state index < -0.39 is 0 Å². The minimum Gasteiger partial charge on any atom is -0.356 e. The fourth-order valence-corrected chi connectivity index (χ4v) is 2.20. The first-order chi connectivity index (χ1) is 8.74. The molecule has 0 spiro atoms. The quantitative estimate of drug-likeness (QED) is 0.707. The summed E-state index contributed by atoms with van der Waals surface area (Å²) in [6, 6.07) is 0. The van der Waals surface area contributed by atoms with Crippen molar-refractivity contribution in [1.29, 1.82) is 0 Å². The molecule has 0 aromatic heterocycles. The second-order valence-corrected chi connectivity index (χ2v) is 5.00. The van der Waals surface area contributed by atoms with Crippen LogP contribution in [0, 0.1) is 0 Å². The van der Waals surface area contributed by atoms with Crippen molar-refractivity contribution < 1.29 is 9.59 Å². The lowest BCUT2D eigenvalue weighted by molar-refractivity contribution is -0.130. The van der Waals surface area contributed by atoms with Crippen LogP contribution in [0.15, 0.2) is 0 Å². The highest BCUT2D eigenvalue weighted by atomic mass is 16.2. The summed E-state index contributed by atoms with van der Waals surface area (Å²) in [7, 11) is 0. The van der Waals surface area contributed by atoms with Crippen LogP contribution < -0.4 is 5.32 Å². The molecule has 1 saturated heterocycles. The van der Waals surface area contributed by atoms with Gasteiger partial charge in [-0.15, -0.1) is 0 Å². The number of likely N-dealkylation sites (tertiary alicyclic amines) is 1. The fourth-order valence-electron chi connectivity index (χ4n) is 2.20. The van der Waals surface area contributed by atoms with Crippen LogP contribution >= 0.6 is 0 Å². The van der Waals surface area contributed by atoms with Gasteiger partial charge in [0.2, 0.25) is 11.8 Å². The molecule has 1 N–H and O–H groups in total. The molecule has 104 valence electrons. The molecule has 1 fully saturated rings. The van der Waals surface area contributed by atoms with Crippen molar-refractivity contribution in [2.45, 2.75) is 58.3 Å². The number of amides is 2. The molecular formula is C14H26N2O2. The Kier molecular flexibility index (Phi) is 7.46. The number of hydrogen-bond donors (Lipinski definition) is 1. The first-order valence-electron chi connectivity index (χ1n) is 7.28. The highest BCUT2D eigenvalue weighted by molar-refractivity contribution is 5.76. The first kappa shape index (κ1) is 15.0. The maximum Gasteiger partial charge on any atom is 0.222 e. The summed E-state index contributed by atoms with van der Waals surface area (Å²) < 4.78 is 0. The van der Waals surface area contributed by atoms with Crippen LogP contribution in [0.4, 0.5) is 0 Å². The zero-order valence-electron chi connectivity index (χ0n) is 11.5. The Bertz CT molecular complexity index is 267. The average molecular weight is 254 g/mol. The van der Waals surface area contributed by atoms with Crippen LogP contribution in [-0.2, 0) is 9.59 Å². The van der Waals surface area contributed by atoms with E-state index in [1.807, 2.05) is 4.90 Å². The van der Waals surface area contributed by atoms with Gasteiger partial charge in [0.1, 0.15) is 0 Å². The highest BCUT2D eigenvalue weighted by Crippen LogP contribution is 2.11. The Morgan fingerprint density at radius 3 is 2.89 bits per heavy atom. The summed E-state index contributed by atoms with van der Waals surface area (Å²) in [6.07, 6.45) is 7.51. The van der Waals surface area contributed by atoms with E-state index in [9.17, 15) is 9.59 Å². The molecule has 0 aromatic carbocycles. The van der Waals surface area contributed by atoms with Crippen LogP contribution in [0.25, 0.3) is 0 Å². The Hall–Kier alpha value is -1.06. The molecule has 0 radical (unpaired) electrons. The van der Waals surface area contributed by atoms with E-state index in [2.05, 4.69) is 12.2 Å². The first-order valence-corrected chi connectivity index (χ1v) is 7.28. The summed E-state index contributed by atoms with van der Waals surface area (Å²) in [5.41, 5.74) is 0. The predicted molar refractivity (Wildman–Crippen MR) is 72.2 cm³/mol. The number of unbranched alkanes of at least 4 members (excludes halogenated alkanes) is 1. The van der Waals surface area contributed by atoms with Crippen molar-refractivity contribution in [3.05, 3.63) is 0 Å². The van der Waals surface area contributed by atoms with Crippen LogP contribution in [-0.4, -0.2) is 36.3 Å². The van der Waals surface area contributed by atoms with E-state index in [0.717, 1.165) is 51.6 Å². The van der Waals surface area contributed by atoms with Gasteiger partial charge in [0, 0.05) is 32.5 Å². The minimum atomic E-state index is 0.138. The fraction of sp³-hybridized carbons (Fsp3) is 0.857. The van der Waals surface area contributed by atoms with Crippen molar-refractivity contribution in [3.63, 3.8) is 0 Å². The van der Waals surface area contributed by atoms with Gasteiger partial charge in [-0.1, -0.05) is 19.8 Å². The zero-order chi connectivity index (χ0) is 13.2. The topological polar surface area (TPSA) is 49.4 Å². The maximum absolute atomic E-state index is 11.7. The van der Waals surface area contributed by atoms with Gasteiger partial charge in [0.05, 0.1) is 0 Å².